The van der Waals surface area contributed by atoms with E-state index in [0.29, 0.717) is 24.5 Å². The summed E-state index contributed by atoms with van der Waals surface area (Å²) in [7, 11) is 1.70. The topological polar surface area (TPSA) is 48.9 Å². The summed E-state index contributed by atoms with van der Waals surface area (Å²) >= 11 is 0. The van der Waals surface area contributed by atoms with Gasteiger partial charge in [-0.15, -0.1) is 0 Å². The number of morpholine rings is 1. The molecule has 1 atom stereocenters. The molecular formula is C20H32F2N4O. The molecule has 0 saturated carbocycles. The maximum absolute atomic E-state index is 13.7. The lowest BCUT2D eigenvalue weighted by molar-refractivity contribution is 0.0132. The molecule has 2 rings (SSSR count). The Bertz CT molecular complexity index is 583. The molecule has 0 amide bonds. The molecule has 1 saturated heterocycles. The Kier molecular flexibility index (Phi) is 8.94. The van der Waals surface area contributed by atoms with Gasteiger partial charge in [0.2, 0.25) is 0 Å². The number of aliphatic imine (C=N–C) groups is 1. The van der Waals surface area contributed by atoms with Crippen molar-refractivity contribution >= 4 is 5.96 Å². The van der Waals surface area contributed by atoms with Crippen LogP contribution in [0.4, 0.5) is 8.78 Å². The number of guanidine groups is 1. The molecular weight excluding hydrogens is 350 g/mol. The van der Waals surface area contributed by atoms with E-state index in [4.69, 9.17) is 4.74 Å². The Morgan fingerprint density at radius 2 is 1.85 bits per heavy atom. The van der Waals surface area contributed by atoms with Crippen molar-refractivity contribution in [2.24, 2.45) is 10.9 Å². The Balaban J connectivity index is 1.83. The molecule has 1 unspecified atom stereocenters. The van der Waals surface area contributed by atoms with Crippen molar-refractivity contribution in [1.29, 1.82) is 0 Å². The third-order valence-corrected chi connectivity index (χ3v) is 4.76. The molecule has 5 nitrogen and oxygen atoms in total. The zero-order valence-corrected chi connectivity index (χ0v) is 16.6. The van der Waals surface area contributed by atoms with Crippen molar-refractivity contribution in [3.8, 4) is 0 Å². The van der Waals surface area contributed by atoms with Gasteiger partial charge < -0.3 is 15.4 Å². The first-order chi connectivity index (χ1) is 13.0. The van der Waals surface area contributed by atoms with Crippen molar-refractivity contribution in [2.75, 3.05) is 46.4 Å². The first kappa shape index (κ1) is 21.6. The standard InChI is InChI=1S/C20H32F2N4O/c1-15(2)13-16(26-9-11-27-12-10-26)14-25-20(23-3)24-8-7-17-18(21)5-4-6-19(17)22/h4-6,15-16H,7-14H2,1-3H3,(H2,23,24,25). The van der Waals surface area contributed by atoms with Gasteiger partial charge in [0.05, 0.1) is 13.2 Å². The number of halogens is 2. The van der Waals surface area contributed by atoms with Crippen molar-refractivity contribution in [3.63, 3.8) is 0 Å². The molecule has 0 aromatic heterocycles. The van der Waals surface area contributed by atoms with E-state index < -0.39 is 11.6 Å². The molecule has 1 fully saturated rings. The van der Waals surface area contributed by atoms with Crippen molar-refractivity contribution in [3.05, 3.63) is 35.4 Å². The van der Waals surface area contributed by atoms with Crippen LogP contribution in [0.3, 0.4) is 0 Å². The highest BCUT2D eigenvalue weighted by Gasteiger charge is 2.22. The minimum absolute atomic E-state index is 0.103. The number of rotatable bonds is 8. The van der Waals surface area contributed by atoms with Crippen molar-refractivity contribution in [1.82, 2.24) is 15.5 Å². The van der Waals surface area contributed by atoms with Gasteiger partial charge in [0.25, 0.3) is 0 Å². The van der Waals surface area contributed by atoms with Gasteiger partial charge in [-0.1, -0.05) is 19.9 Å². The summed E-state index contributed by atoms with van der Waals surface area (Å²) in [4.78, 5) is 6.68. The average Bonchev–Trinajstić information content (AvgIpc) is 2.66. The van der Waals surface area contributed by atoms with Gasteiger partial charge in [-0.05, 0) is 30.9 Å². The first-order valence-corrected chi connectivity index (χ1v) is 9.70. The van der Waals surface area contributed by atoms with Gasteiger partial charge >= 0.3 is 0 Å². The van der Waals surface area contributed by atoms with Gasteiger partial charge in [0.15, 0.2) is 5.96 Å². The van der Waals surface area contributed by atoms with Crippen molar-refractivity contribution in [2.45, 2.75) is 32.7 Å². The Morgan fingerprint density at radius 1 is 1.19 bits per heavy atom. The minimum atomic E-state index is -0.510. The third kappa shape index (κ3) is 7.07. The van der Waals surface area contributed by atoms with Crippen LogP contribution in [0.1, 0.15) is 25.8 Å². The fraction of sp³-hybridized carbons (Fsp3) is 0.650. The number of hydrogen-bond acceptors (Lipinski definition) is 3. The van der Waals surface area contributed by atoms with E-state index in [1.165, 1.54) is 18.2 Å². The molecule has 1 aliphatic rings. The summed E-state index contributed by atoms with van der Waals surface area (Å²) in [6, 6.07) is 4.34. The van der Waals surface area contributed by atoms with E-state index in [1.807, 2.05) is 0 Å². The second kappa shape index (κ2) is 11.2. The molecule has 1 aliphatic heterocycles. The summed E-state index contributed by atoms with van der Waals surface area (Å²) in [6.07, 6.45) is 1.35. The van der Waals surface area contributed by atoms with Gasteiger partial charge in [0, 0.05) is 44.8 Å². The molecule has 0 spiro atoms. The molecule has 0 aliphatic carbocycles. The van der Waals surface area contributed by atoms with Crippen LogP contribution in [0.25, 0.3) is 0 Å². The predicted molar refractivity (Wildman–Crippen MR) is 105 cm³/mol. The van der Waals surface area contributed by atoms with Crippen LogP contribution < -0.4 is 10.6 Å². The lowest BCUT2D eigenvalue weighted by Gasteiger charge is -2.35. The third-order valence-electron chi connectivity index (χ3n) is 4.76. The maximum Gasteiger partial charge on any atom is 0.191 e. The lowest BCUT2D eigenvalue weighted by atomic mass is 10.0. The Hall–Kier alpha value is -1.73. The van der Waals surface area contributed by atoms with E-state index in [0.717, 1.165) is 39.3 Å². The summed E-state index contributed by atoms with van der Waals surface area (Å²) in [5.41, 5.74) is 0.103. The van der Waals surface area contributed by atoms with E-state index in [1.54, 1.807) is 7.05 Å². The van der Waals surface area contributed by atoms with Crippen LogP contribution in [-0.4, -0.2) is 63.3 Å². The molecule has 152 valence electrons. The highest BCUT2D eigenvalue weighted by Crippen LogP contribution is 2.13. The van der Waals surface area contributed by atoms with E-state index >= 15 is 0 Å². The Labute approximate surface area is 161 Å². The SMILES string of the molecule is CN=C(NCCc1c(F)cccc1F)NCC(CC(C)C)N1CCOCC1. The number of hydrogen-bond donors (Lipinski definition) is 2. The Morgan fingerprint density at radius 3 is 2.44 bits per heavy atom. The van der Waals surface area contributed by atoms with Gasteiger partial charge in [-0.2, -0.15) is 0 Å². The zero-order chi connectivity index (χ0) is 19.6. The molecule has 1 aromatic carbocycles. The number of nitrogens with one attached hydrogen (secondary N) is 2. The second-order valence-electron chi connectivity index (χ2n) is 7.26. The fourth-order valence-corrected chi connectivity index (χ4v) is 3.36. The van der Waals surface area contributed by atoms with Crippen LogP contribution >= 0.6 is 0 Å². The smallest absolute Gasteiger partial charge is 0.191 e. The van der Waals surface area contributed by atoms with Crippen LogP contribution in [0, 0.1) is 17.6 Å². The normalized spacial score (nSPS) is 17.2. The molecule has 1 aromatic rings. The van der Waals surface area contributed by atoms with Gasteiger partial charge in [0.1, 0.15) is 11.6 Å². The largest absolute Gasteiger partial charge is 0.379 e. The minimum Gasteiger partial charge on any atom is -0.379 e. The number of nitrogens with zero attached hydrogens (tertiary/aromatic N) is 2. The van der Waals surface area contributed by atoms with Crippen LogP contribution in [0.5, 0.6) is 0 Å². The van der Waals surface area contributed by atoms with Crippen molar-refractivity contribution < 1.29 is 13.5 Å². The molecule has 0 bridgehead atoms. The highest BCUT2D eigenvalue weighted by atomic mass is 19.1. The molecule has 27 heavy (non-hydrogen) atoms. The zero-order valence-electron chi connectivity index (χ0n) is 16.6. The summed E-state index contributed by atoms with van der Waals surface area (Å²) in [5, 5.41) is 6.50. The molecule has 0 radical (unpaired) electrons. The van der Waals surface area contributed by atoms with Crippen LogP contribution in [0.15, 0.2) is 23.2 Å². The highest BCUT2D eigenvalue weighted by molar-refractivity contribution is 5.79. The van der Waals surface area contributed by atoms with Gasteiger partial charge in [-0.3, -0.25) is 9.89 Å². The van der Waals surface area contributed by atoms with Crippen LogP contribution in [-0.2, 0) is 11.2 Å². The van der Waals surface area contributed by atoms with Gasteiger partial charge in [-0.25, -0.2) is 8.78 Å². The van der Waals surface area contributed by atoms with E-state index in [-0.39, 0.29) is 12.0 Å². The molecule has 7 heteroatoms. The first-order valence-electron chi connectivity index (χ1n) is 9.70. The molecule has 1 heterocycles. The van der Waals surface area contributed by atoms with Crippen LogP contribution in [0.2, 0.25) is 0 Å². The average molecular weight is 382 g/mol. The van der Waals surface area contributed by atoms with E-state index in [9.17, 15) is 8.78 Å². The quantitative estimate of drug-likeness (QED) is 0.536. The monoisotopic (exact) mass is 382 g/mol. The number of ether oxygens (including phenoxy) is 1. The summed E-state index contributed by atoms with van der Waals surface area (Å²) in [6.45, 7) is 9.06. The predicted octanol–water partition coefficient (Wildman–Crippen LogP) is 2.42. The number of benzene rings is 1. The molecule has 2 N–H and O–H groups in total. The lowest BCUT2D eigenvalue weighted by Crippen LogP contribution is -2.51. The second-order valence-corrected chi connectivity index (χ2v) is 7.26. The fourth-order valence-electron chi connectivity index (χ4n) is 3.36. The summed E-state index contributed by atoms with van der Waals surface area (Å²) < 4.78 is 32.9. The maximum atomic E-state index is 13.7. The van der Waals surface area contributed by atoms with E-state index in [2.05, 4.69) is 34.4 Å². The summed E-state index contributed by atoms with van der Waals surface area (Å²) in [5.74, 6) is 0.223.